The third-order valence-electron chi connectivity index (χ3n) is 4.74. The van der Waals surface area contributed by atoms with Crippen LogP contribution in [0.4, 0.5) is 18.9 Å². The molecule has 0 saturated heterocycles. The summed E-state index contributed by atoms with van der Waals surface area (Å²) in [5, 5.41) is 41.8. The topological polar surface area (TPSA) is 140 Å². The molecule has 0 aliphatic carbocycles. The molecule has 0 amide bonds. The number of hydrogen-bond donors (Lipinski definition) is 5. The summed E-state index contributed by atoms with van der Waals surface area (Å²) in [6, 6.07) is 4.65. The summed E-state index contributed by atoms with van der Waals surface area (Å²) >= 11 is 0.953. The molecule has 172 valence electrons. The summed E-state index contributed by atoms with van der Waals surface area (Å²) in [5.74, 6) is 0. The molecule has 0 aliphatic rings. The van der Waals surface area contributed by atoms with Gasteiger partial charge in [0.05, 0.1) is 17.7 Å². The van der Waals surface area contributed by atoms with E-state index in [1.807, 2.05) is 0 Å². The zero-order valence-corrected chi connectivity index (χ0v) is 16.9. The third-order valence-corrected chi connectivity index (χ3v) is 5.63. The highest BCUT2D eigenvalue weighted by atomic mass is 32.1. The highest BCUT2D eigenvalue weighted by Crippen LogP contribution is 2.41. The van der Waals surface area contributed by atoms with E-state index >= 15 is 0 Å². The van der Waals surface area contributed by atoms with E-state index in [-0.39, 0.29) is 22.2 Å². The average molecular weight is 473 g/mol. The van der Waals surface area contributed by atoms with Gasteiger partial charge in [0, 0.05) is 22.0 Å². The molecule has 5 N–H and O–H groups in total. The van der Waals surface area contributed by atoms with Gasteiger partial charge in [-0.1, -0.05) is 6.07 Å². The van der Waals surface area contributed by atoms with Gasteiger partial charge in [-0.15, -0.1) is 11.3 Å². The number of fused-ring (bicyclic) bond motifs is 1. The number of nitrogens with one attached hydrogen (secondary N) is 1. The van der Waals surface area contributed by atoms with Gasteiger partial charge in [-0.05, 0) is 23.6 Å². The van der Waals surface area contributed by atoms with E-state index in [4.69, 9.17) is 9.52 Å². The summed E-state index contributed by atoms with van der Waals surface area (Å²) in [7, 11) is 0. The molecule has 0 radical (unpaired) electrons. The molecule has 1 aromatic carbocycles. The standard InChI is InChI=1S/C20H18F3NO7S/c21-20(22,23)16-10-4-3-9(24-11(7-25)17(28)18(29)12(27)8-26)6-13(10)31-19(30)15(16)14-2-1-5-32-14/h1-7,11-12,17-18,24,26-29H,8H2/t11-,12+,17+,18+/m1/s1. The molecule has 3 rings (SSSR count). The van der Waals surface area contributed by atoms with Crippen LogP contribution >= 0.6 is 11.3 Å². The Morgan fingerprint density at radius 2 is 1.88 bits per heavy atom. The van der Waals surface area contributed by atoms with E-state index in [9.17, 15) is 38.1 Å². The fourth-order valence-electron chi connectivity index (χ4n) is 3.17. The normalized spacial score (nSPS) is 15.8. The van der Waals surface area contributed by atoms with Crippen LogP contribution in [0.25, 0.3) is 21.4 Å². The number of carbonyl (C=O) groups excluding carboxylic acids is 1. The molecule has 0 fully saturated rings. The Hall–Kier alpha value is -2.77. The average Bonchev–Trinajstić information content (AvgIpc) is 3.28. The van der Waals surface area contributed by atoms with Crippen LogP contribution in [-0.2, 0) is 11.0 Å². The van der Waals surface area contributed by atoms with Gasteiger partial charge in [0.2, 0.25) is 0 Å². The molecule has 0 unspecified atom stereocenters. The van der Waals surface area contributed by atoms with Gasteiger partial charge in [0.25, 0.3) is 0 Å². The van der Waals surface area contributed by atoms with Crippen molar-refractivity contribution in [2.75, 3.05) is 11.9 Å². The maximum Gasteiger partial charge on any atom is 0.418 e. The maximum absolute atomic E-state index is 13.9. The Labute approximate surface area is 182 Å². The fourth-order valence-corrected chi connectivity index (χ4v) is 3.93. The van der Waals surface area contributed by atoms with E-state index < -0.39 is 59.5 Å². The second-order valence-corrected chi connectivity index (χ2v) is 7.81. The van der Waals surface area contributed by atoms with E-state index in [1.165, 1.54) is 23.6 Å². The number of benzene rings is 1. The van der Waals surface area contributed by atoms with Crippen LogP contribution in [0.3, 0.4) is 0 Å². The van der Waals surface area contributed by atoms with Crippen molar-refractivity contribution in [3.63, 3.8) is 0 Å². The van der Waals surface area contributed by atoms with Gasteiger partial charge in [-0.25, -0.2) is 4.79 Å². The molecule has 12 heteroatoms. The number of aliphatic hydroxyl groups excluding tert-OH is 4. The molecule has 0 spiro atoms. The Bertz CT molecular complexity index is 1150. The van der Waals surface area contributed by atoms with E-state index in [0.717, 1.165) is 23.5 Å². The Balaban J connectivity index is 2.05. The number of halogens is 3. The van der Waals surface area contributed by atoms with Gasteiger partial charge >= 0.3 is 11.8 Å². The number of hydrogen-bond acceptors (Lipinski definition) is 9. The molecule has 0 saturated carbocycles. The van der Waals surface area contributed by atoms with Crippen molar-refractivity contribution in [3.05, 3.63) is 51.7 Å². The van der Waals surface area contributed by atoms with Crippen LogP contribution in [0.5, 0.6) is 0 Å². The van der Waals surface area contributed by atoms with Gasteiger partial charge in [0.1, 0.15) is 36.2 Å². The van der Waals surface area contributed by atoms with Crippen molar-refractivity contribution in [2.45, 2.75) is 30.5 Å². The monoisotopic (exact) mass is 473 g/mol. The summed E-state index contributed by atoms with van der Waals surface area (Å²) in [6.45, 7) is -0.877. The number of aldehydes is 1. The lowest BCUT2D eigenvalue weighted by Gasteiger charge is -2.27. The first-order chi connectivity index (χ1) is 15.1. The highest BCUT2D eigenvalue weighted by molar-refractivity contribution is 7.13. The van der Waals surface area contributed by atoms with Crippen molar-refractivity contribution in [1.29, 1.82) is 0 Å². The zero-order valence-electron chi connectivity index (χ0n) is 16.1. The van der Waals surface area contributed by atoms with E-state index in [1.54, 1.807) is 0 Å². The SMILES string of the molecule is O=C[C@@H](Nc1ccc2c(C(F)(F)F)c(-c3cccs3)c(=O)oc2c1)[C@H](O)[C@@H](O)[C@@H](O)CO. The lowest BCUT2D eigenvalue weighted by Crippen LogP contribution is -2.49. The summed E-state index contributed by atoms with van der Waals surface area (Å²) in [5.41, 5.74) is -3.38. The van der Waals surface area contributed by atoms with Gasteiger partial charge in [-0.2, -0.15) is 13.2 Å². The molecule has 4 atom stereocenters. The van der Waals surface area contributed by atoms with Crippen molar-refractivity contribution in [2.24, 2.45) is 0 Å². The molecule has 0 bridgehead atoms. The fraction of sp³-hybridized carbons (Fsp3) is 0.300. The predicted molar refractivity (Wildman–Crippen MR) is 109 cm³/mol. The molecule has 2 aromatic heterocycles. The van der Waals surface area contributed by atoms with Crippen molar-refractivity contribution in [1.82, 2.24) is 0 Å². The summed E-state index contributed by atoms with van der Waals surface area (Å²) < 4.78 is 46.7. The van der Waals surface area contributed by atoms with E-state index in [2.05, 4.69) is 5.32 Å². The molecule has 32 heavy (non-hydrogen) atoms. The molecule has 0 aliphatic heterocycles. The van der Waals surface area contributed by atoms with Gasteiger partial charge in [0.15, 0.2) is 0 Å². The van der Waals surface area contributed by atoms with Crippen LogP contribution in [0.2, 0.25) is 0 Å². The van der Waals surface area contributed by atoms with E-state index in [0.29, 0.717) is 0 Å². The Morgan fingerprint density at radius 1 is 1.16 bits per heavy atom. The van der Waals surface area contributed by atoms with Crippen LogP contribution in [0, 0.1) is 0 Å². The minimum Gasteiger partial charge on any atom is -0.422 e. The quantitative estimate of drug-likeness (QED) is 0.246. The summed E-state index contributed by atoms with van der Waals surface area (Å²) in [6.07, 6.45) is -10.1. The second kappa shape index (κ2) is 9.38. The zero-order chi connectivity index (χ0) is 23.6. The number of rotatable bonds is 8. The first kappa shape index (κ1) is 23.9. The smallest absolute Gasteiger partial charge is 0.418 e. The number of aliphatic hydroxyl groups is 4. The van der Waals surface area contributed by atoms with Crippen LogP contribution < -0.4 is 10.9 Å². The number of anilines is 1. The Morgan fingerprint density at radius 3 is 2.44 bits per heavy atom. The Kier molecular flexibility index (Phi) is 7.00. The predicted octanol–water partition coefficient (Wildman–Crippen LogP) is 1.59. The largest absolute Gasteiger partial charge is 0.422 e. The third kappa shape index (κ3) is 4.69. The first-order valence-electron chi connectivity index (χ1n) is 9.17. The van der Waals surface area contributed by atoms with Gasteiger partial charge < -0.3 is 35.0 Å². The van der Waals surface area contributed by atoms with Crippen LogP contribution in [0.15, 0.2) is 44.9 Å². The van der Waals surface area contributed by atoms with Crippen molar-refractivity contribution >= 4 is 34.3 Å². The number of alkyl halides is 3. The molecule has 8 nitrogen and oxygen atoms in total. The lowest BCUT2D eigenvalue weighted by molar-refractivity contribution is -0.136. The lowest BCUT2D eigenvalue weighted by atomic mass is 10.0. The van der Waals surface area contributed by atoms with Crippen molar-refractivity contribution in [3.8, 4) is 10.4 Å². The first-order valence-corrected chi connectivity index (χ1v) is 10.0. The van der Waals surface area contributed by atoms with Crippen LogP contribution in [-0.4, -0.2) is 57.7 Å². The minimum absolute atomic E-state index is 0.000476. The number of thiophene rings is 1. The number of carbonyl (C=O) groups is 1. The second-order valence-electron chi connectivity index (χ2n) is 6.86. The van der Waals surface area contributed by atoms with Crippen molar-refractivity contribution < 1.29 is 42.8 Å². The summed E-state index contributed by atoms with van der Waals surface area (Å²) in [4.78, 5) is 23.9. The van der Waals surface area contributed by atoms with Gasteiger partial charge in [-0.3, -0.25) is 0 Å². The molecular weight excluding hydrogens is 455 g/mol. The minimum atomic E-state index is -4.87. The maximum atomic E-state index is 13.9. The highest BCUT2D eigenvalue weighted by Gasteiger charge is 2.38. The van der Waals surface area contributed by atoms with Crippen LogP contribution in [0.1, 0.15) is 5.56 Å². The molecular formula is C20H18F3NO7S. The molecule has 3 aromatic rings. The molecule has 2 heterocycles.